The first kappa shape index (κ1) is 15.8. The largest absolute Gasteiger partial charge is 0.276 e. The van der Waals surface area contributed by atoms with Gasteiger partial charge in [0.05, 0.1) is 10.6 Å². The molecule has 1 aromatic heterocycles. The van der Waals surface area contributed by atoms with Crippen LogP contribution in [0.2, 0.25) is 0 Å². The fraction of sp³-hybridized carbons (Fsp3) is 0. The van der Waals surface area contributed by atoms with Crippen molar-refractivity contribution in [3.63, 3.8) is 0 Å². The number of para-hydroxylation sites is 1. The van der Waals surface area contributed by atoms with E-state index in [0.29, 0.717) is 16.5 Å². The van der Waals surface area contributed by atoms with Gasteiger partial charge in [0.15, 0.2) is 0 Å². The van der Waals surface area contributed by atoms with E-state index >= 15 is 0 Å². The van der Waals surface area contributed by atoms with Crippen LogP contribution in [0.1, 0.15) is 0 Å². The van der Waals surface area contributed by atoms with Crippen molar-refractivity contribution < 1.29 is 4.92 Å². The molecule has 126 valence electrons. The van der Waals surface area contributed by atoms with E-state index in [1.807, 2.05) is 66.7 Å². The Morgan fingerprint density at radius 2 is 1.46 bits per heavy atom. The van der Waals surface area contributed by atoms with Crippen LogP contribution in [0.15, 0.2) is 89.7 Å². The van der Waals surface area contributed by atoms with Gasteiger partial charge in [0.25, 0.3) is 11.2 Å². The molecular weight excluding hydrogens is 328 g/mol. The Bertz CT molecular complexity index is 1170. The molecule has 0 fully saturated rings. The lowest BCUT2D eigenvalue weighted by molar-refractivity contribution is -0.384. The second kappa shape index (κ2) is 6.29. The molecule has 26 heavy (non-hydrogen) atoms. The van der Waals surface area contributed by atoms with Crippen molar-refractivity contribution in [2.75, 3.05) is 0 Å². The van der Waals surface area contributed by atoms with Crippen molar-refractivity contribution >= 4 is 16.5 Å². The molecule has 4 aromatic rings. The SMILES string of the molecule is O=c1c2ccc([N+](=O)[O-])cc2cc(-c2ccccc2)n1-c1ccccc1. The van der Waals surface area contributed by atoms with Gasteiger partial charge < -0.3 is 0 Å². The molecule has 0 saturated heterocycles. The Balaban J connectivity index is 2.11. The quantitative estimate of drug-likeness (QED) is 0.405. The highest BCUT2D eigenvalue weighted by Gasteiger charge is 2.15. The fourth-order valence-corrected chi connectivity index (χ4v) is 3.07. The Morgan fingerprint density at radius 1 is 0.808 bits per heavy atom. The third-order valence-corrected chi connectivity index (χ3v) is 4.30. The highest BCUT2D eigenvalue weighted by molar-refractivity contribution is 5.88. The number of nitro groups is 1. The summed E-state index contributed by atoms with van der Waals surface area (Å²) in [6.07, 6.45) is 0. The Morgan fingerprint density at radius 3 is 2.12 bits per heavy atom. The van der Waals surface area contributed by atoms with E-state index in [0.717, 1.165) is 11.3 Å². The molecule has 0 aliphatic carbocycles. The summed E-state index contributed by atoms with van der Waals surface area (Å²) in [6, 6.07) is 25.0. The van der Waals surface area contributed by atoms with Gasteiger partial charge in [-0.15, -0.1) is 0 Å². The standard InChI is InChI=1S/C21H14N2O3/c24-21-19-12-11-18(23(25)26)13-16(19)14-20(15-7-3-1-4-8-15)22(21)17-9-5-2-6-10-17/h1-14H. The Kier molecular flexibility index (Phi) is 3.82. The van der Waals surface area contributed by atoms with E-state index in [2.05, 4.69) is 0 Å². The summed E-state index contributed by atoms with van der Waals surface area (Å²) >= 11 is 0. The fourth-order valence-electron chi connectivity index (χ4n) is 3.07. The van der Waals surface area contributed by atoms with E-state index in [1.165, 1.54) is 18.2 Å². The first-order chi connectivity index (χ1) is 12.6. The van der Waals surface area contributed by atoms with Gasteiger partial charge in [-0.25, -0.2) is 0 Å². The molecule has 0 atom stereocenters. The molecule has 4 rings (SSSR count). The zero-order chi connectivity index (χ0) is 18.1. The maximum atomic E-state index is 13.2. The van der Waals surface area contributed by atoms with Gasteiger partial charge in [-0.2, -0.15) is 0 Å². The normalized spacial score (nSPS) is 10.8. The molecule has 1 heterocycles. The average Bonchev–Trinajstić information content (AvgIpc) is 2.68. The number of nitro benzene ring substituents is 1. The molecule has 3 aromatic carbocycles. The van der Waals surface area contributed by atoms with E-state index in [4.69, 9.17) is 0 Å². The first-order valence-electron chi connectivity index (χ1n) is 8.10. The average molecular weight is 342 g/mol. The lowest BCUT2D eigenvalue weighted by atomic mass is 10.1. The van der Waals surface area contributed by atoms with Crippen LogP contribution in [0.25, 0.3) is 27.7 Å². The van der Waals surface area contributed by atoms with Crippen LogP contribution in [0.3, 0.4) is 0 Å². The van der Waals surface area contributed by atoms with E-state index in [-0.39, 0.29) is 11.2 Å². The lowest BCUT2D eigenvalue weighted by Crippen LogP contribution is -2.20. The van der Waals surface area contributed by atoms with Gasteiger partial charge >= 0.3 is 0 Å². The minimum atomic E-state index is -0.454. The molecule has 0 unspecified atom stereocenters. The molecule has 0 spiro atoms. The van der Waals surface area contributed by atoms with Crippen molar-refractivity contribution in [1.82, 2.24) is 4.57 Å². The number of fused-ring (bicyclic) bond motifs is 1. The maximum Gasteiger partial charge on any atom is 0.270 e. The third-order valence-electron chi connectivity index (χ3n) is 4.30. The van der Waals surface area contributed by atoms with Gasteiger partial charge in [-0.1, -0.05) is 48.5 Å². The summed E-state index contributed by atoms with van der Waals surface area (Å²) in [7, 11) is 0. The van der Waals surface area contributed by atoms with Crippen LogP contribution >= 0.6 is 0 Å². The topological polar surface area (TPSA) is 65.1 Å². The zero-order valence-corrected chi connectivity index (χ0v) is 13.7. The second-order valence-electron chi connectivity index (χ2n) is 5.90. The minimum absolute atomic E-state index is 0.0339. The molecule has 0 radical (unpaired) electrons. The maximum absolute atomic E-state index is 13.2. The van der Waals surface area contributed by atoms with Crippen molar-refractivity contribution in [1.29, 1.82) is 0 Å². The smallest absolute Gasteiger partial charge is 0.270 e. The van der Waals surface area contributed by atoms with Gasteiger partial charge in [-0.05, 0) is 35.2 Å². The lowest BCUT2D eigenvalue weighted by Gasteiger charge is -2.15. The number of non-ortho nitro benzene ring substituents is 1. The van der Waals surface area contributed by atoms with Crippen LogP contribution in [0.4, 0.5) is 5.69 Å². The molecule has 0 bridgehead atoms. The highest BCUT2D eigenvalue weighted by Crippen LogP contribution is 2.27. The number of nitrogens with zero attached hydrogens (tertiary/aromatic N) is 2. The zero-order valence-electron chi connectivity index (χ0n) is 13.7. The summed E-state index contributed by atoms with van der Waals surface area (Å²) in [4.78, 5) is 23.8. The van der Waals surface area contributed by atoms with Crippen LogP contribution < -0.4 is 5.56 Å². The van der Waals surface area contributed by atoms with Gasteiger partial charge in [-0.3, -0.25) is 19.5 Å². The molecule has 0 aliphatic heterocycles. The summed E-state index contributed by atoms with van der Waals surface area (Å²) in [5.41, 5.74) is 2.06. The Labute approximate surface area is 148 Å². The van der Waals surface area contributed by atoms with Gasteiger partial charge in [0.1, 0.15) is 0 Å². The molecular formula is C21H14N2O3. The molecule has 0 aliphatic rings. The molecule has 0 saturated carbocycles. The number of rotatable bonds is 3. The number of pyridine rings is 1. The van der Waals surface area contributed by atoms with Crippen LogP contribution in [0.5, 0.6) is 0 Å². The van der Waals surface area contributed by atoms with Crippen LogP contribution in [0, 0.1) is 10.1 Å². The minimum Gasteiger partial charge on any atom is -0.276 e. The predicted octanol–water partition coefficient (Wildman–Crippen LogP) is 4.57. The second-order valence-corrected chi connectivity index (χ2v) is 5.90. The summed E-state index contributed by atoms with van der Waals surface area (Å²) in [5.74, 6) is 0. The summed E-state index contributed by atoms with van der Waals surface area (Å²) in [6.45, 7) is 0. The highest BCUT2D eigenvalue weighted by atomic mass is 16.6. The van der Waals surface area contributed by atoms with Crippen molar-refractivity contribution in [3.05, 3.63) is 105 Å². The van der Waals surface area contributed by atoms with Gasteiger partial charge in [0, 0.05) is 23.2 Å². The van der Waals surface area contributed by atoms with Crippen LogP contribution in [-0.4, -0.2) is 9.49 Å². The molecule has 0 amide bonds. The third kappa shape index (κ3) is 2.65. The van der Waals surface area contributed by atoms with E-state index in [1.54, 1.807) is 4.57 Å². The monoisotopic (exact) mass is 342 g/mol. The van der Waals surface area contributed by atoms with Gasteiger partial charge in [0.2, 0.25) is 0 Å². The summed E-state index contributed by atoms with van der Waals surface area (Å²) < 4.78 is 1.64. The van der Waals surface area contributed by atoms with E-state index < -0.39 is 4.92 Å². The van der Waals surface area contributed by atoms with Crippen molar-refractivity contribution in [3.8, 4) is 16.9 Å². The first-order valence-corrected chi connectivity index (χ1v) is 8.10. The van der Waals surface area contributed by atoms with Crippen LogP contribution in [-0.2, 0) is 0 Å². The number of hydrogen-bond donors (Lipinski definition) is 0. The van der Waals surface area contributed by atoms with E-state index in [9.17, 15) is 14.9 Å². The summed E-state index contributed by atoms with van der Waals surface area (Å²) in [5, 5.41) is 12.1. The van der Waals surface area contributed by atoms with Crippen molar-refractivity contribution in [2.24, 2.45) is 0 Å². The molecule has 0 N–H and O–H groups in total. The molecule has 5 heteroatoms. The predicted molar refractivity (Wildman–Crippen MR) is 102 cm³/mol. The van der Waals surface area contributed by atoms with Crippen molar-refractivity contribution in [2.45, 2.75) is 0 Å². The number of aromatic nitrogens is 1. The molecule has 5 nitrogen and oxygen atoms in total. The number of benzene rings is 3. The Hall–Kier alpha value is -3.73. The number of hydrogen-bond acceptors (Lipinski definition) is 3.